The van der Waals surface area contributed by atoms with Crippen LogP contribution in [-0.2, 0) is 11.0 Å². The quantitative estimate of drug-likeness (QED) is 0.199. The lowest BCUT2D eigenvalue weighted by Gasteiger charge is -2.12. The number of alkyl halides is 3. The van der Waals surface area contributed by atoms with Gasteiger partial charge in [0.05, 0.1) is 10.5 Å². The maximum Gasteiger partial charge on any atom is 0.416 e. The molecule has 1 N–H and O–H groups in total. The van der Waals surface area contributed by atoms with E-state index in [1.807, 2.05) is 0 Å². The molecule has 1 amide bonds. The molecule has 0 aliphatic heterocycles. The van der Waals surface area contributed by atoms with Gasteiger partial charge in [-0.05, 0) is 42.8 Å². The highest BCUT2D eigenvalue weighted by atomic mass is 19.4. The van der Waals surface area contributed by atoms with Crippen molar-refractivity contribution in [2.24, 2.45) is 0 Å². The summed E-state index contributed by atoms with van der Waals surface area (Å²) in [7, 11) is 0. The van der Waals surface area contributed by atoms with Crippen LogP contribution >= 0.6 is 0 Å². The third-order valence-electron chi connectivity index (χ3n) is 4.68. The molecule has 0 aliphatic carbocycles. The molecule has 0 heterocycles. The lowest BCUT2D eigenvalue weighted by atomic mass is 10.1. The number of benzene rings is 3. The molecule has 0 aromatic heterocycles. The topological polar surface area (TPSA) is 105 Å². The first-order chi connectivity index (χ1) is 16.1. The van der Waals surface area contributed by atoms with E-state index in [4.69, 9.17) is 4.74 Å². The van der Waals surface area contributed by atoms with E-state index in [9.17, 15) is 33.3 Å². The number of carbonyl (C=O) groups is 1. The monoisotopic (exact) mass is 467 g/mol. The van der Waals surface area contributed by atoms with Crippen molar-refractivity contribution in [3.8, 4) is 17.6 Å². The SMILES string of the molecule is Cc1ccccc1NC(=O)/C(C#N)=C/c1ccccc1Oc1ccc(C(F)(F)F)cc1[N+](=O)[O-]. The average molecular weight is 467 g/mol. The molecule has 7 nitrogen and oxygen atoms in total. The fourth-order valence-corrected chi connectivity index (χ4v) is 2.94. The van der Waals surface area contributed by atoms with Crippen LogP contribution < -0.4 is 10.1 Å². The molecule has 0 radical (unpaired) electrons. The molecular formula is C24H16F3N3O4. The molecule has 3 aromatic rings. The number of nitrogens with one attached hydrogen (secondary N) is 1. The van der Waals surface area contributed by atoms with Crippen molar-refractivity contribution in [2.45, 2.75) is 13.1 Å². The van der Waals surface area contributed by atoms with Crippen LogP contribution in [0.1, 0.15) is 16.7 Å². The minimum absolute atomic E-state index is 0.00167. The Hall–Kier alpha value is -4.65. The van der Waals surface area contributed by atoms with Gasteiger partial charge in [0, 0.05) is 17.3 Å². The number of nitriles is 1. The largest absolute Gasteiger partial charge is 0.449 e. The number of aryl methyl sites for hydroxylation is 1. The Balaban J connectivity index is 1.95. The second-order valence-electron chi connectivity index (χ2n) is 7.02. The fourth-order valence-electron chi connectivity index (χ4n) is 2.94. The molecule has 0 saturated heterocycles. The van der Waals surface area contributed by atoms with Gasteiger partial charge in [-0.3, -0.25) is 14.9 Å². The van der Waals surface area contributed by atoms with Crippen LogP contribution in [0.25, 0.3) is 6.08 Å². The van der Waals surface area contributed by atoms with E-state index < -0.39 is 34.0 Å². The molecule has 3 rings (SSSR count). The van der Waals surface area contributed by atoms with Gasteiger partial charge in [0.15, 0.2) is 0 Å². The predicted octanol–water partition coefficient (Wildman–Crippen LogP) is 6.26. The minimum atomic E-state index is -4.77. The highest BCUT2D eigenvalue weighted by Crippen LogP contribution is 2.38. The Bertz CT molecular complexity index is 1330. The molecule has 172 valence electrons. The summed E-state index contributed by atoms with van der Waals surface area (Å²) in [4.78, 5) is 23.0. The molecule has 0 spiro atoms. The zero-order valence-electron chi connectivity index (χ0n) is 17.6. The summed E-state index contributed by atoms with van der Waals surface area (Å²) in [5, 5.41) is 23.5. The van der Waals surface area contributed by atoms with E-state index in [1.165, 1.54) is 24.3 Å². The zero-order chi connectivity index (χ0) is 24.9. The second kappa shape index (κ2) is 9.87. The van der Waals surface area contributed by atoms with Crippen LogP contribution in [0.5, 0.6) is 11.5 Å². The molecule has 0 aliphatic rings. The molecule has 0 bridgehead atoms. The summed E-state index contributed by atoms with van der Waals surface area (Å²) in [5.41, 5.74) is -0.842. The highest BCUT2D eigenvalue weighted by Gasteiger charge is 2.33. The highest BCUT2D eigenvalue weighted by molar-refractivity contribution is 6.10. The summed E-state index contributed by atoms with van der Waals surface area (Å²) in [6.07, 6.45) is -3.55. The van der Waals surface area contributed by atoms with Crippen LogP contribution in [0.15, 0.2) is 72.3 Å². The normalized spacial score (nSPS) is 11.4. The van der Waals surface area contributed by atoms with Crippen molar-refractivity contribution < 1.29 is 27.6 Å². The number of para-hydroxylation sites is 2. The lowest BCUT2D eigenvalue weighted by Crippen LogP contribution is -2.14. The molecule has 0 saturated carbocycles. The first-order valence-electron chi connectivity index (χ1n) is 9.71. The van der Waals surface area contributed by atoms with Crippen molar-refractivity contribution >= 4 is 23.4 Å². The van der Waals surface area contributed by atoms with E-state index in [1.54, 1.807) is 43.3 Å². The number of halogens is 3. The summed E-state index contributed by atoms with van der Waals surface area (Å²) in [6.45, 7) is 1.78. The number of nitro groups is 1. The molecule has 34 heavy (non-hydrogen) atoms. The summed E-state index contributed by atoms with van der Waals surface area (Å²) < 4.78 is 44.4. The van der Waals surface area contributed by atoms with E-state index in [0.29, 0.717) is 17.8 Å². The summed E-state index contributed by atoms with van der Waals surface area (Å²) in [6, 6.07) is 16.6. The van der Waals surface area contributed by atoms with Gasteiger partial charge >= 0.3 is 11.9 Å². The second-order valence-corrected chi connectivity index (χ2v) is 7.02. The van der Waals surface area contributed by atoms with E-state index in [0.717, 1.165) is 11.6 Å². The fraction of sp³-hybridized carbons (Fsp3) is 0.0833. The van der Waals surface area contributed by atoms with E-state index in [-0.39, 0.29) is 16.9 Å². The standard InChI is InChI=1S/C24H16F3N3O4/c1-15-6-2-4-8-19(15)29-23(31)17(14-28)12-16-7-3-5-9-21(16)34-22-11-10-18(24(25,26)27)13-20(22)30(32)33/h2-13H,1H3,(H,29,31)/b17-12+. The Morgan fingerprint density at radius 3 is 2.41 bits per heavy atom. The molecule has 0 fully saturated rings. The van der Waals surface area contributed by atoms with Gasteiger partial charge in [0.25, 0.3) is 5.91 Å². The molecule has 0 atom stereocenters. The van der Waals surface area contributed by atoms with Crippen LogP contribution in [0.4, 0.5) is 24.5 Å². The van der Waals surface area contributed by atoms with Crippen molar-refractivity contribution in [1.82, 2.24) is 0 Å². The average Bonchev–Trinajstić information content (AvgIpc) is 2.79. The maximum absolute atomic E-state index is 13.0. The number of anilines is 1. The number of ether oxygens (including phenoxy) is 1. The van der Waals surface area contributed by atoms with Gasteiger partial charge in [-0.1, -0.05) is 36.4 Å². The van der Waals surface area contributed by atoms with Gasteiger partial charge in [0.1, 0.15) is 17.4 Å². The number of amides is 1. The first-order valence-corrected chi connectivity index (χ1v) is 9.71. The van der Waals surface area contributed by atoms with E-state index in [2.05, 4.69) is 5.32 Å². The smallest absolute Gasteiger partial charge is 0.416 e. The number of hydrogen-bond donors (Lipinski definition) is 1. The van der Waals surface area contributed by atoms with Crippen LogP contribution in [0.2, 0.25) is 0 Å². The van der Waals surface area contributed by atoms with Gasteiger partial charge < -0.3 is 10.1 Å². The van der Waals surface area contributed by atoms with Crippen LogP contribution in [0.3, 0.4) is 0 Å². The molecule has 10 heteroatoms. The summed E-state index contributed by atoms with van der Waals surface area (Å²) in [5.74, 6) is -1.12. The van der Waals surface area contributed by atoms with Crippen molar-refractivity contribution in [3.63, 3.8) is 0 Å². The maximum atomic E-state index is 13.0. The Morgan fingerprint density at radius 2 is 1.76 bits per heavy atom. The van der Waals surface area contributed by atoms with Crippen LogP contribution in [-0.4, -0.2) is 10.8 Å². The Kier molecular flexibility index (Phi) is 6.97. The van der Waals surface area contributed by atoms with Gasteiger partial charge in [-0.2, -0.15) is 18.4 Å². The predicted molar refractivity (Wildman–Crippen MR) is 118 cm³/mol. The molecule has 0 unspecified atom stereocenters. The first kappa shape index (κ1) is 24.0. The van der Waals surface area contributed by atoms with Gasteiger partial charge in [-0.15, -0.1) is 0 Å². The van der Waals surface area contributed by atoms with Crippen molar-refractivity contribution in [3.05, 3.63) is 99.1 Å². The Morgan fingerprint density at radius 1 is 1.09 bits per heavy atom. The van der Waals surface area contributed by atoms with Gasteiger partial charge in [0.2, 0.25) is 5.75 Å². The number of nitro benzene ring substituents is 1. The zero-order valence-corrected chi connectivity index (χ0v) is 17.6. The number of nitrogens with zero attached hydrogens (tertiary/aromatic N) is 2. The molecule has 3 aromatic carbocycles. The van der Waals surface area contributed by atoms with Gasteiger partial charge in [-0.25, -0.2) is 0 Å². The van der Waals surface area contributed by atoms with Crippen LogP contribution in [0, 0.1) is 28.4 Å². The number of hydrogen-bond acceptors (Lipinski definition) is 5. The summed E-state index contributed by atoms with van der Waals surface area (Å²) >= 11 is 0. The third kappa shape index (κ3) is 5.58. The number of rotatable bonds is 6. The third-order valence-corrected chi connectivity index (χ3v) is 4.68. The molecular weight excluding hydrogens is 451 g/mol. The lowest BCUT2D eigenvalue weighted by molar-refractivity contribution is -0.385. The Labute approximate surface area is 191 Å². The van der Waals surface area contributed by atoms with Crippen molar-refractivity contribution in [1.29, 1.82) is 5.26 Å². The van der Waals surface area contributed by atoms with Crippen molar-refractivity contribution in [2.75, 3.05) is 5.32 Å². The minimum Gasteiger partial charge on any atom is -0.449 e. The van der Waals surface area contributed by atoms with E-state index >= 15 is 0 Å². The number of carbonyl (C=O) groups excluding carboxylic acids is 1.